The van der Waals surface area contributed by atoms with E-state index in [0.29, 0.717) is 12.7 Å². The standard InChI is InChI=1S/C24H29N3O2/c1-17(2)12-18-4-6-20-21(8-11-27-22(20)13-18)26-10-3-9-25-15-19-5-7-23-24(14-19)29-16-28-23/h4-8,11,13-14,17,25H,3,9-10,12,15-16H2,1-2H3,(H,26,27). The van der Waals surface area contributed by atoms with Crippen molar-refractivity contribution in [3.05, 3.63) is 59.8 Å². The molecule has 0 aliphatic carbocycles. The van der Waals surface area contributed by atoms with Crippen molar-refractivity contribution >= 4 is 16.6 Å². The molecular weight excluding hydrogens is 362 g/mol. The summed E-state index contributed by atoms with van der Waals surface area (Å²) in [5.74, 6) is 2.32. The predicted octanol–water partition coefficient (Wildman–Crippen LogP) is 4.75. The van der Waals surface area contributed by atoms with Gasteiger partial charge in [-0.15, -0.1) is 0 Å². The first-order chi connectivity index (χ1) is 14.2. The van der Waals surface area contributed by atoms with Crippen molar-refractivity contribution < 1.29 is 9.47 Å². The van der Waals surface area contributed by atoms with E-state index in [2.05, 4.69) is 59.8 Å². The smallest absolute Gasteiger partial charge is 0.231 e. The van der Waals surface area contributed by atoms with E-state index in [9.17, 15) is 0 Å². The van der Waals surface area contributed by atoms with Crippen LogP contribution in [-0.4, -0.2) is 24.9 Å². The first-order valence-corrected chi connectivity index (χ1v) is 10.4. The van der Waals surface area contributed by atoms with Gasteiger partial charge in [-0.2, -0.15) is 0 Å². The monoisotopic (exact) mass is 391 g/mol. The minimum atomic E-state index is 0.320. The minimum absolute atomic E-state index is 0.320. The molecule has 0 atom stereocenters. The number of pyridine rings is 1. The fourth-order valence-corrected chi connectivity index (χ4v) is 3.67. The first kappa shape index (κ1) is 19.5. The van der Waals surface area contributed by atoms with Gasteiger partial charge in [0, 0.05) is 30.4 Å². The molecule has 2 heterocycles. The van der Waals surface area contributed by atoms with Gasteiger partial charge in [-0.25, -0.2) is 0 Å². The van der Waals surface area contributed by atoms with Crippen LogP contribution in [0.4, 0.5) is 5.69 Å². The summed E-state index contributed by atoms with van der Waals surface area (Å²) in [6, 6.07) is 14.8. The number of fused-ring (bicyclic) bond motifs is 2. The Morgan fingerprint density at radius 2 is 1.83 bits per heavy atom. The number of aromatic nitrogens is 1. The molecule has 29 heavy (non-hydrogen) atoms. The number of nitrogens with one attached hydrogen (secondary N) is 2. The Bertz CT molecular complexity index is 971. The van der Waals surface area contributed by atoms with Crippen molar-refractivity contribution in [3.8, 4) is 11.5 Å². The second-order valence-electron chi connectivity index (χ2n) is 7.95. The van der Waals surface area contributed by atoms with Crippen molar-refractivity contribution in [3.63, 3.8) is 0 Å². The van der Waals surface area contributed by atoms with Crippen molar-refractivity contribution in [1.29, 1.82) is 0 Å². The summed E-state index contributed by atoms with van der Waals surface area (Å²) in [5.41, 5.74) is 4.78. The van der Waals surface area contributed by atoms with Crippen molar-refractivity contribution in [2.45, 2.75) is 33.2 Å². The fraction of sp³-hybridized carbons (Fsp3) is 0.375. The molecule has 4 rings (SSSR count). The third-order valence-electron chi connectivity index (χ3n) is 5.06. The molecule has 0 radical (unpaired) electrons. The van der Waals surface area contributed by atoms with Crippen LogP contribution in [0.1, 0.15) is 31.4 Å². The maximum absolute atomic E-state index is 5.43. The van der Waals surface area contributed by atoms with E-state index < -0.39 is 0 Å². The second-order valence-corrected chi connectivity index (χ2v) is 7.95. The Labute approximate surface area is 172 Å². The van der Waals surface area contributed by atoms with Gasteiger partial charge in [-0.3, -0.25) is 4.98 Å². The highest BCUT2D eigenvalue weighted by Gasteiger charge is 2.12. The van der Waals surface area contributed by atoms with Gasteiger partial charge in [-0.05, 0) is 60.7 Å². The first-order valence-electron chi connectivity index (χ1n) is 10.4. The number of nitrogens with zero attached hydrogens (tertiary/aromatic N) is 1. The largest absolute Gasteiger partial charge is 0.454 e. The Balaban J connectivity index is 1.24. The molecule has 0 saturated heterocycles. The molecule has 0 bridgehead atoms. The zero-order valence-electron chi connectivity index (χ0n) is 17.2. The molecular formula is C24H29N3O2. The van der Waals surface area contributed by atoms with Gasteiger partial charge in [0.05, 0.1) is 5.52 Å². The molecule has 0 saturated carbocycles. The lowest BCUT2D eigenvalue weighted by molar-refractivity contribution is 0.174. The molecule has 0 amide bonds. The zero-order valence-corrected chi connectivity index (χ0v) is 17.2. The topological polar surface area (TPSA) is 55.4 Å². The van der Waals surface area contributed by atoms with Crippen LogP contribution in [0.3, 0.4) is 0 Å². The normalized spacial score (nSPS) is 12.7. The lowest BCUT2D eigenvalue weighted by Gasteiger charge is -2.12. The molecule has 1 aliphatic rings. The van der Waals surface area contributed by atoms with Crippen LogP contribution in [-0.2, 0) is 13.0 Å². The summed E-state index contributed by atoms with van der Waals surface area (Å²) in [6.07, 6.45) is 4.02. The van der Waals surface area contributed by atoms with Crippen LogP contribution in [0.2, 0.25) is 0 Å². The summed E-state index contributed by atoms with van der Waals surface area (Å²) in [6.45, 7) is 7.50. The van der Waals surface area contributed by atoms with Crippen LogP contribution >= 0.6 is 0 Å². The summed E-state index contributed by atoms with van der Waals surface area (Å²) in [4.78, 5) is 4.55. The Morgan fingerprint density at radius 3 is 2.72 bits per heavy atom. The van der Waals surface area contributed by atoms with E-state index in [-0.39, 0.29) is 0 Å². The SMILES string of the molecule is CC(C)Cc1ccc2c(NCCCNCc3ccc4c(c3)OCO4)ccnc2c1. The second kappa shape index (κ2) is 9.14. The van der Waals surface area contributed by atoms with E-state index in [0.717, 1.165) is 55.2 Å². The average Bonchev–Trinajstić information content (AvgIpc) is 3.18. The molecule has 0 fully saturated rings. The van der Waals surface area contributed by atoms with Gasteiger partial charge in [-0.1, -0.05) is 32.0 Å². The third-order valence-corrected chi connectivity index (χ3v) is 5.06. The molecule has 1 aromatic heterocycles. The molecule has 1 aliphatic heterocycles. The summed E-state index contributed by atoms with van der Waals surface area (Å²) < 4.78 is 10.8. The zero-order chi connectivity index (χ0) is 20.1. The summed E-state index contributed by atoms with van der Waals surface area (Å²) in [7, 11) is 0. The lowest BCUT2D eigenvalue weighted by Crippen LogP contribution is -2.17. The van der Waals surface area contributed by atoms with Gasteiger partial charge in [0.25, 0.3) is 0 Å². The molecule has 2 N–H and O–H groups in total. The van der Waals surface area contributed by atoms with Gasteiger partial charge in [0.1, 0.15) is 0 Å². The van der Waals surface area contributed by atoms with Crippen molar-refractivity contribution in [2.75, 3.05) is 25.2 Å². The molecule has 0 unspecified atom stereocenters. The van der Waals surface area contributed by atoms with Crippen molar-refractivity contribution in [2.24, 2.45) is 5.92 Å². The van der Waals surface area contributed by atoms with Crippen molar-refractivity contribution in [1.82, 2.24) is 10.3 Å². The predicted molar refractivity (Wildman–Crippen MR) is 118 cm³/mol. The van der Waals surface area contributed by atoms with Crippen LogP contribution in [0.25, 0.3) is 10.9 Å². The van der Waals surface area contributed by atoms with E-state index in [1.54, 1.807) is 0 Å². The number of hydrogen-bond acceptors (Lipinski definition) is 5. The van der Waals surface area contributed by atoms with Crippen LogP contribution in [0.5, 0.6) is 11.5 Å². The van der Waals surface area contributed by atoms with E-state index in [4.69, 9.17) is 9.47 Å². The summed E-state index contributed by atoms with van der Waals surface area (Å²) >= 11 is 0. The maximum Gasteiger partial charge on any atom is 0.231 e. The Morgan fingerprint density at radius 1 is 0.966 bits per heavy atom. The average molecular weight is 392 g/mol. The van der Waals surface area contributed by atoms with Crippen LogP contribution in [0, 0.1) is 5.92 Å². The van der Waals surface area contributed by atoms with Gasteiger partial charge >= 0.3 is 0 Å². The number of ether oxygens (including phenoxy) is 2. The highest BCUT2D eigenvalue weighted by Crippen LogP contribution is 2.32. The molecule has 152 valence electrons. The number of rotatable bonds is 9. The maximum atomic E-state index is 5.43. The quantitative estimate of drug-likeness (QED) is 0.515. The van der Waals surface area contributed by atoms with Gasteiger partial charge in [0.15, 0.2) is 11.5 Å². The van der Waals surface area contributed by atoms with Gasteiger partial charge < -0.3 is 20.1 Å². The third kappa shape index (κ3) is 4.98. The van der Waals surface area contributed by atoms with E-state index in [1.807, 2.05) is 18.3 Å². The fourth-order valence-electron chi connectivity index (χ4n) is 3.67. The van der Waals surface area contributed by atoms with E-state index >= 15 is 0 Å². The van der Waals surface area contributed by atoms with E-state index in [1.165, 1.54) is 16.5 Å². The van der Waals surface area contributed by atoms with Gasteiger partial charge in [0.2, 0.25) is 6.79 Å². The minimum Gasteiger partial charge on any atom is -0.454 e. The van der Waals surface area contributed by atoms with Crippen LogP contribution < -0.4 is 20.1 Å². The Hall–Kier alpha value is -2.79. The summed E-state index contributed by atoms with van der Waals surface area (Å²) in [5, 5.41) is 8.25. The highest BCUT2D eigenvalue weighted by molar-refractivity contribution is 5.91. The number of hydrogen-bond donors (Lipinski definition) is 2. The van der Waals surface area contributed by atoms with Crippen LogP contribution in [0.15, 0.2) is 48.7 Å². The number of anilines is 1. The molecule has 3 aromatic rings. The lowest BCUT2D eigenvalue weighted by atomic mass is 10.0. The molecule has 5 nitrogen and oxygen atoms in total. The highest BCUT2D eigenvalue weighted by atomic mass is 16.7. The molecule has 2 aromatic carbocycles. The molecule has 0 spiro atoms. The molecule has 5 heteroatoms. The number of benzene rings is 2. The Kier molecular flexibility index (Phi) is 6.15.